The number of thiazole rings is 1. The summed E-state index contributed by atoms with van der Waals surface area (Å²) < 4.78 is 10.5. The summed E-state index contributed by atoms with van der Waals surface area (Å²) >= 11 is 1.72. The van der Waals surface area contributed by atoms with Gasteiger partial charge in [-0.05, 0) is 38.8 Å². The van der Waals surface area contributed by atoms with Gasteiger partial charge in [0.1, 0.15) is 5.76 Å². The molecular weight excluding hydrogens is 402 g/mol. The molecule has 1 aliphatic heterocycles. The van der Waals surface area contributed by atoms with Gasteiger partial charge in [-0.1, -0.05) is 0 Å². The fourth-order valence-electron chi connectivity index (χ4n) is 3.31. The molecule has 164 valence electrons. The van der Waals surface area contributed by atoms with E-state index in [1.54, 1.807) is 22.5 Å². The Balaban J connectivity index is 1.50. The van der Waals surface area contributed by atoms with E-state index in [9.17, 15) is 4.79 Å². The number of hydrogen-bond acceptors (Lipinski definition) is 6. The molecule has 1 amide bonds. The fraction of sp³-hybridized carbons (Fsp3) is 0.571. The molecule has 3 heterocycles. The van der Waals surface area contributed by atoms with Crippen molar-refractivity contribution < 1.29 is 13.9 Å². The van der Waals surface area contributed by atoms with Gasteiger partial charge in [0.25, 0.3) is 0 Å². The number of carbonyl (C=O) groups excluding carboxylic acids is 1. The summed E-state index contributed by atoms with van der Waals surface area (Å²) in [5, 5.41) is 8.04. The molecule has 0 radical (unpaired) electrons. The Morgan fingerprint density at radius 1 is 1.40 bits per heavy atom. The highest BCUT2D eigenvalue weighted by molar-refractivity contribution is 7.11. The van der Waals surface area contributed by atoms with Crippen LogP contribution in [0.4, 0.5) is 4.79 Å². The van der Waals surface area contributed by atoms with Gasteiger partial charge in [-0.15, -0.1) is 11.3 Å². The molecule has 1 fully saturated rings. The van der Waals surface area contributed by atoms with Gasteiger partial charge in [0.05, 0.1) is 17.9 Å². The monoisotopic (exact) mass is 433 g/mol. The Kier molecular flexibility index (Phi) is 8.55. The van der Waals surface area contributed by atoms with E-state index in [2.05, 4.69) is 22.5 Å². The minimum absolute atomic E-state index is 0.222. The van der Waals surface area contributed by atoms with E-state index in [4.69, 9.17) is 14.1 Å². The summed E-state index contributed by atoms with van der Waals surface area (Å²) in [7, 11) is 0. The van der Waals surface area contributed by atoms with Crippen LogP contribution in [-0.2, 0) is 17.6 Å². The zero-order valence-electron chi connectivity index (χ0n) is 17.7. The maximum Gasteiger partial charge on any atom is 0.409 e. The lowest BCUT2D eigenvalue weighted by Gasteiger charge is -2.32. The number of aromatic nitrogens is 1. The molecule has 0 atom stereocenters. The van der Waals surface area contributed by atoms with Crippen molar-refractivity contribution >= 4 is 23.4 Å². The molecule has 2 aromatic rings. The third kappa shape index (κ3) is 7.05. The smallest absolute Gasteiger partial charge is 0.409 e. The van der Waals surface area contributed by atoms with E-state index in [1.807, 2.05) is 25.3 Å². The van der Waals surface area contributed by atoms with E-state index in [0.717, 1.165) is 49.0 Å². The van der Waals surface area contributed by atoms with Gasteiger partial charge < -0.3 is 24.7 Å². The number of guanidine groups is 1. The number of likely N-dealkylation sites (tertiary alicyclic amines) is 1. The largest absolute Gasteiger partial charge is 0.469 e. The number of rotatable bonds is 8. The first kappa shape index (κ1) is 22.1. The summed E-state index contributed by atoms with van der Waals surface area (Å²) in [6.07, 6.45) is 6.72. The lowest BCUT2D eigenvalue weighted by molar-refractivity contribution is 0.0963. The molecule has 2 N–H and O–H groups in total. The van der Waals surface area contributed by atoms with Crippen molar-refractivity contribution in [2.45, 2.75) is 45.6 Å². The second-order valence-electron chi connectivity index (χ2n) is 7.21. The molecule has 1 aliphatic rings. The van der Waals surface area contributed by atoms with Crippen molar-refractivity contribution in [3.63, 3.8) is 0 Å². The topological polar surface area (TPSA) is 92.0 Å². The molecule has 0 unspecified atom stereocenters. The van der Waals surface area contributed by atoms with E-state index in [-0.39, 0.29) is 12.1 Å². The zero-order valence-corrected chi connectivity index (χ0v) is 18.5. The van der Waals surface area contributed by atoms with Crippen LogP contribution in [0.5, 0.6) is 0 Å². The summed E-state index contributed by atoms with van der Waals surface area (Å²) in [4.78, 5) is 24.0. The van der Waals surface area contributed by atoms with Crippen LogP contribution in [0.2, 0.25) is 0 Å². The highest BCUT2D eigenvalue weighted by Crippen LogP contribution is 2.13. The number of nitrogens with one attached hydrogen (secondary N) is 2. The van der Waals surface area contributed by atoms with Gasteiger partial charge >= 0.3 is 6.09 Å². The number of piperidine rings is 1. The summed E-state index contributed by atoms with van der Waals surface area (Å²) in [5.41, 5.74) is 0. The van der Waals surface area contributed by atoms with Gasteiger partial charge in [-0.25, -0.2) is 9.78 Å². The van der Waals surface area contributed by atoms with E-state index in [1.165, 1.54) is 4.88 Å². The first-order valence-corrected chi connectivity index (χ1v) is 11.4. The predicted octanol–water partition coefficient (Wildman–Crippen LogP) is 2.99. The van der Waals surface area contributed by atoms with Crippen molar-refractivity contribution in [1.82, 2.24) is 20.5 Å². The van der Waals surface area contributed by atoms with Crippen molar-refractivity contribution in [3.05, 3.63) is 40.2 Å². The first-order chi connectivity index (χ1) is 14.6. The average molecular weight is 434 g/mol. The number of amides is 1. The van der Waals surface area contributed by atoms with E-state index < -0.39 is 0 Å². The maximum absolute atomic E-state index is 11.9. The molecule has 1 saturated heterocycles. The molecule has 3 rings (SSSR count). The lowest BCUT2D eigenvalue weighted by atomic mass is 10.1. The number of nitrogens with zero attached hydrogens (tertiary/aromatic N) is 3. The molecule has 9 heteroatoms. The minimum atomic E-state index is -0.222. The number of ether oxygens (including phenoxy) is 1. The number of furan rings is 1. The fourth-order valence-corrected chi connectivity index (χ4v) is 4.08. The average Bonchev–Trinajstić information content (AvgIpc) is 3.40. The highest BCUT2D eigenvalue weighted by atomic mass is 32.1. The second-order valence-corrected chi connectivity index (χ2v) is 8.53. The normalized spacial score (nSPS) is 15.3. The number of aryl methyl sites for hydroxylation is 1. The van der Waals surface area contributed by atoms with Gasteiger partial charge in [0, 0.05) is 56.1 Å². The predicted molar refractivity (Wildman–Crippen MR) is 118 cm³/mol. The summed E-state index contributed by atoms with van der Waals surface area (Å²) in [5.74, 6) is 1.74. The molecule has 0 bridgehead atoms. The molecule has 8 nitrogen and oxygen atoms in total. The van der Waals surface area contributed by atoms with Gasteiger partial charge in [0.2, 0.25) is 0 Å². The number of aliphatic imine (C=N–C) groups is 1. The minimum Gasteiger partial charge on any atom is -0.469 e. The van der Waals surface area contributed by atoms with Crippen LogP contribution < -0.4 is 10.6 Å². The van der Waals surface area contributed by atoms with Crippen LogP contribution in [-0.4, -0.2) is 60.8 Å². The SMILES string of the molecule is CCOC(=O)N1CCC(NC(=NCCc2ncc(C)s2)NCCc2ccco2)CC1. The Labute approximate surface area is 181 Å². The second kappa shape index (κ2) is 11.6. The van der Waals surface area contributed by atoms with Crippen LogP contribution in [0, 0.1) is 6.92 Å². The van der Waals surface area contributed by atoms with Gasteiger partial charge in [0.15, 0.2) is 5.96 Å². The molecular formula is C21H31N5O3S. The Hall–Kier alpha value is -2.55. The van der Waals surface area contributed by atoms with Crippen LogP contribution in [0.15, 0.2) is 34.0 Å². The molecule has 30 heavy (non-hydrogen) atoms. The standard InChI is InChI=1S/C21H31N5O3S/c1-3-28-21(27)26-12-8-17(9-13-26)25-20(22-10-6-18-5-4-14-29-18)23-11-7-19-24-15-16(2)30-19/h4-5,14-15,17H,3,6-13H2,1-2H3,(H2,22,23,25). The quantitative estimate of drug-likeness (QED) is 0.491. The third-order valence-corrected chi connectivity index (χ3v) is 5.84. The van der Waals surface area contributed by atoms with Crippen LogP contribution in [0.3, 0.4) is 0 Å². The molecule has 0 aromatic carbocycles. The molecule has 0 spiro atoms. The van der Waals surface area contributed by atoms with Gasteiger partial charge in [-0.2, -0.15) is 0 Å². The van der Waals surface area contributed by atoms with Crippen LogP contribution >= 0.6 is 11.3 Å². The van der Waals surface area contributed by atoms with Crippen LogP contribution in [0.1, 0.15) is 35.4 Å². The Morgan fingerprint density at radius 2 is 2.23 bits per heavy atom. The first-order valence-electron chi connectivity index (χ1n) is 10.5. The van der Waals surface area contributed by atoms with Crippen molar-refractivity contribution in [2.24, 2.45) is 4.99 Å². The number of hydrogen-bond donors (Lipinski definition) is 2. The lowest BCUT2D eigenvalue weighted by Crippen LogP contribution is -2.50. The maximum atomic E-state index is 11.9. The zero-order chi connectivity index (χ0) is 21.2. The Bertz CT molecular complexity index is 797. The van der Waals surface area contributed by atoms with Crippen LogP contribution in [0.25, 0.3) is 0 Å². The summed E-state index contributed by atoms with van der Waals surface area (Å²) in [6, 6.07) is 4.14. The van der Waals surface area contributed by atoms with Crippen molar-refractivity contribution in [2.75, 3.05) is 32.8 Å². The summed E-state index contributed by atoms with van der Waals surface area (Å²) in [6.45, 7) is 7.09. The highest BCUT2D eigenvalue weighted by Gasteiger charge is 2.24. The van der Waals surface area contributed by atoms with E-state index in [0.29, 0.717) is 26.2 Å². The molecule has 0 saturated carbocycles. The van der Waals surface area contributed by atoms with Crippen molar-refractivity contribution in [1.29, 1.82) is 0 Å². The Morgan fingerprint density at radius 3 is 2.90 bits per heavy atom. The van der Waals surface area contributed by atoms with E-state index >= 15 is 0 Å². The van der Waals surface area contributed by atoms with Gasteiger partial charge in [-0.3, -0.25) is 4.99 Å². The molecule has 2 aromatic heterocycles. The number of carbonyl (C=O) groups is 1. The molecule has 0 aliphatic carbocycles. The third-order valence-electron chi connectivity index (χ3n) is 4.87. The van der Waals surface area contributed by atoms with Crippen molar-refractivity contribution in [3.8, 4) is 0 Å².